The second kappa shape index (κ2) is 4.90. The molecule has 1 amide bonds. The molecule has 0 spiro atoms. The molecule has 0 unspecified atom stereocenters. The number of carbonyl (C=O) groups is 1. The molecule has 0 aliphatic carbocycles. The molecule has 0 atom stereocenters. The van der Waals surface area contributed by atoms with Gasteiger partial charge in [-0.25, -0.2) is 0 Å². The van der Waals surface area contributed by atoms with Crippen LogP contribution in [0.2, 0.25) is 4.34 Å². The molecular weight excluding hydrogens is 206 g/mol. The lowest BCUT2D eigenvalue weighted by molar-refractivity contribution is 0.0955. The van der Waals surface area contributed by atoms with Gasteiger partial charge in [0, 0.05) is 18.3 Å². The molecule has 0 bridgehead atoms. The quantitative estimate of drug-likeness (QED) is 0.605. The third-order valence-electron chi connectivity index (χ3n) is 1.38. The Morgan fingerprint density at radius 3 is 3.08 bits per heavy atom. The maximum absolute atomic E-state index is 11.3. The van der Waals surface area contributed by atoms with Crippen LogP contribution in [0.15, 0.2) is 11.4 Å². The topological polar surface area (TPSA) is 29.1 Å². The van der Waals surface area contributed by atoms with E-state index >= 15 is 0 Å². The maximum Gasteiger partial charge on any atom is 0.252 e. The fraction of sp³-hybridized carbons (Fsp3) is 0.222. The second-order valence-corrected chi connectivity index (χ2v) is 3.89. The average molecular weight is 214 g/mol. The fourth-order valence-electron chi connectivity index (χ4n) is 0.779. The van der Waals surface area contributed by atoms with Gasteiger partial charge in [0.25, 0.3) is 5.91 Å². The molecule has 1 N–H and O–H groups in total. The highest BCUT2D eigenvalue weighted by Crippen LogP contribution is 2.19. The van der Waals surface area contributed by atoms with E-state index in [-0.39, 0.29) is 5.91 Å². The van der Waals surface area contributed by atoms with Crippen molar-refractivity contribution in [3.63, 3.8) is 0 Å². The summed E-state index contributed by atoms with van der Waals surface area (Å²) in [5.74, 6) is 2.32. The summed E-state index contributed by atoms with van der Waals surface area (Å²) in [5, 5.41) is 4.40. The molecule has 0 radical (unpaired) electrons. The van der Waals surface area contributed by atoms with Crippen molar-refractivity contribution in [3.05, 3.63) is 21.3 Å². The van der Waals surface area contributed by atoms with E-state index in [0.29, 0.717) is 22.9 Å². The van der Waals surface area contributed by atoms with Crippen molar-refractivity contribution in [3.8, 4) is 12.3 Å². The standard InChI is InChI=1S/C9H8ClNOS/c1-2-3-4-11-9(12)7-5-8(10)13-6-7/h1,5-6H,3-4H2,(H,11,12). The van der Waals surface area contributed by atoms with Gasteiger partial charge in [0.05, 0.1) is 9.90 Å². The number of amides is 1. The molecule has 4 heteroatoms. The van der Waals surface area contributed by atoms with Gasteiger partial charge >= 0.3 is 0 Å². The van der Waals surface area contributed by atoms with Gasteiger partial charge in [0.15, 0.2) is 0 Å². The Bertz CT molecular complexity index is 340. The first kappa shape index (κ1) is 10.1. The van der Waals surface area contributed by atoms with Crippen molar-refractivity contribution in [2.24, 2.45) is 0 Å². The van der Waals surface area contributed by atoms with Crippen LogP contribution in [0.4, 0.5) is 0 Å². The molecule has 68 valence electrons. The molecule has 13 heavy (non-hydrogen) atoms. The normalized spacial score (nSPS) is 9.23. The van der Waals surface area contributed by atoms with Gasteiger partial charge in [-0.1, -0.05) is 11.6 Å². The summed E-state index contributed by atoms with van der Waals surface area (Å²) in [6.45, 7) is 0.503. The summed E-state index contributed by atoms with van der Waals surface area (Å²) in [5.41, 5.74) is 0.590. The average Bonchev–Trinajstić information content (AvgIpc) is 2.52. The molecule has 0 fully saturated rings. The summed E-state index contributed by atoms with van der Waals surface area (Å²) < 4.78 is 0.613. The van der Waals surface area contributed by atoms with Gasteiger partial charge in [-0.3, -0.25) is 4.79 Å². The van der Waals surface area contributed by atoms with Crippen LogP contribution in [0.3, 0.4) is 0 Å². The number of hydrogen-bond donors (Lipinski definition) is 1. The number of carbonyl (C=O) groups excluding carboxylic acids is 1. The van der Waals surface area contributed by atoms with Crippen LogP contribution in [-0.2, 0) is 0 Å². The van der Waals surface area contributed by atoms with E-state index < -0.39 is 0 Å². The van der Waals surface area contributed by atoms with Crippen LogP contribution in [0.5, 0.6) is 0 Å². The molecule has 2 nitrogen and oxygen atoms in total. The largest absolute Gasteiger partial charge is 0.351 e. The van der Waals surface area contributed by atoms with Crippen LogP contribution in [0.1, 0.15) is 16.8 Å². The van der Waals surface area contributed by atoms with Crippen molar-refractivity contribution in [2.45, 2.75) is 6.42 Å². The van der Waals surface area contributed by atoms with Crippen LogP contribution in [0.25, 0.3) is 0 Å². The molecule has 1 aromatic rings. The zero-order chi connectivity index (χ0) is 9.68. The van der Waals surface area contributed by atoms with Gasteiger partial charge < -0.3 is 5.32 Å². The van der Waals surface area contributed by atoms with Crippen molar-refractivity contribution in [2.75, 3.05) is 6.54 Å². The van der Waals surface area contributed by atoms with Crippen LogP contribution >= 0.6 is 22.9 Å². The van der Waals surface area contributed by atoms with Crippen LogP contribution < -0.4 is 5.32 Å². The Morgan fingerprint density at radius 1 is 1.77 bits per heavy atom. The highest BCUT2D eigenvalue weighted by molar-refractivity contribution is 7.14. The highest BCUT2D eigenvalue weighted by Gasteiger charge is 2.05. The van der Waals surface area contributed by atoms with E-state index in [1.807, 2.05) is 0 Å². The molecule has 1 heterocycles. The zero-order valence-corrected chi connectivity index (χ0v) is 8.41. The zero-order valence-electron chi connectivity index (χ0n) is 6.84. The SMILES string of the molecule is C#CCCNC(=O)c1csc(Cl)c1. The molecule has 0 saturated heterocycles. The first-order chi connectivity index (χ1) is 6.24. The Balaban J connectivity index is 2.45. The summed E-state index contributed by atoms with van der Waals surface area (Å²) in [4.78, 5) is 11.3. The van der Waals surface area contributed by atoms with E-state index in [1.54, 1.807) is 11.4 Å². The molecule has 1 rings (SSSR count). The van der Waals surface area contributed by atoms with Gasteiger partial charge in [0.1, 0.15) is 0 Å². The molecule has 0 aliphatic rings. The summed E-state index contributed by atoms with van der Waals surface area (Å²) in [6, 6.07) is 1.64. The van der Waals surface area contributed by atoms with E-state index in [9.17, 15) is 4.79 Å². The maximum atomic E-state index is 11.3. The lowest BCUT2D eigenvalue weighted by Gasteiger charge is -1.98. The Kier molecular flexibility index (Phi) is 3.81. The number of nitrogens with one attached hydrogen (secondary N) is 1. The number of terminal acetylenes is 1. The lowest BCUT2D eigenvalue weighted by Crippen LogP contribution is -2.23. The van der Waals surface area contributed by atoms with Crippen molar-refractivity contribution < 1.29 is 4.79 Å². The minimum atomic E-state index is -0.126. The third-order valence-corrected chi connectivity index (χ3v) is 2.48. The number of thiophene rings is 1. The van der Waals surface area contributed by atoms with Crippen LogP contribution in [-0.4, -0.2) is 12.5 Å². The van der Waals surface area contributed by atoms with Crippen LogP contribution in [0, 0.1) is 12.3 Å². The van der Waals surface area contributed by atoms with Crippen molar-refractivity contribution in [1.82, 2.24) is 5.32 Å². The van der Waals surface area contributed by atoms with Gasteiger partial charge in [-0.05, 0) is 6.07 Å². The van der Waals surface area contributed by atoms with E-state index in [1.165, 1.54) is 11.3 Å². The second-order valence-electron chi connectivity index (χ2n) is 2.35. The van der Waals surface area contributed by atoms with Gasteiger partial charge in [-0.2, -0.15) is 0 Å². The number of rotatable bonds is 3. The summed E-state index contributed by atoms with van der Waals surface area (Å²) in [6.07, 6.45) is 5.58. The predicted octanol–water partition coefficient (Wildman–Crippen LogP) is 2.15. The van der Waals surface area contributed by atoms with E-state index in [0.717, 1.165) is 0 Å². The van der Waals surface area contributed by atoms with E-state index in [4.69, 9.17) is 18.0 Å². The minimum absolute atomic E-state index is 0.126. The summed E-state index contributed by atoms with van der Waals surface area (Å²) >= 11 is 7.01. The van der Waals surface area contributed by atoms with Gasteiger partial charge in [0.2, 0.25) is 0 Å². The Hall–Kier alpha value is -0.980. The molecule has 1 aromatic heterocycles. The number of hydrogen-bond acceptors (Lipinski definition) is 2. The fourth-order valence-corrected chi connectivity index (χ4v) is 1.64. The molecule has 0 aromatic carbocycles. The highest BCUT2D eigenvalue weighted by atomic mass is 35.5. The summed E-state index contributed by atoms with van der Waals surface area (Å²) in [7, 11) is 0. The lowest BCUT2D eigenvalue weighted by atomic mass is 10.3. The minimum Gasteiger partial charge on any atom is -0.351 e. The molecular formula is C9H8ClNOS. The Labute approximate surface area is 85.9 Å². The molecule has 0 saturated carbocycles. The van der Waals surface area contributed by atoms with Crippen molar-refractivity contribution in [1.29, 1.82) is 0 Å². The van der Waals surface area contributed by atoms with E-state index in [2.05, 4.69) is 11.2 Å². The first-order valence-corrected chi connectivity index (χ1v) is 4.95. The monoisotopic (exact) mass is 213 g/mol. The third kappa shape index (κ3) is 3.10. The number of halogens is 1. The molecule has 0 aliphatic heterocycles. The Morgan fingerprint density at radius 2 is 2.54 bits per heavy atom. The first-order valence-electron chi connectivity index (χ1n) is 3.69. The van der Waals surface area contributed by atoms with Gasteiger partial charge in [-0.15, -0.1) is 23.7 Å². The smallest absolute Gasteiger partial charge is 0.252 e. The predicted molar refractivity (Wildman–Crippen MR) is 55.1 cm³/mol. The van der Waals surface area contributed by atoms with Crippen molar-refractivity contribution >= 4 is 28.8 Å².